The van der Waals surface area contributed by atoms with Crippen LogP contribution in [0, 0.1) is 0 Å². The fourth-order valence-corrected chi connectivity index (χ4v) is 2.31. The zero-order chi connectivity index (χ0) is 20.0. The van der Waals surface area contributed by atoms with Crippen LogP contribution in [0.5, 0.6) is 11.5 Å². The van der Waals surface area contributed by atoms with Crippen molar-refractivity contribution < 1.29 is 29.3 Å². The van der Waals surface area contributed by atoms with Crippen molar-refractivity contribution in [3.8, 4) is 11.5 Å². The van der Waals surface area contributed by atoms with E-state index >= 15 is 0 Å². The lowest BCUT2D eigenvalue weighted by Gasteiger charge is -2.22. The lowest BCUT2D eigenvalue weighted by atomic mass is 10.1. The average molecular weight is 410 g/mol. The minimum Gasteiger partial charge on any atom is -0.504 e. The van der Waals surface area contributed by atoms with Gasteiger partial charge in [-0.15, -0.1) is 12.4 Å². The van der Waals surface area contributed by atoms with Crippen LogP contribution in [0.25, 0.3) is 0 Å². The Kier molecular flexibility index (Phi) is 8.76. The number of esters is 2. The van der Waals surface area contributed by atoms with E-state index < -0.39 is 30.2 Å². The van der Waals surface area contributed by atoms with Crippen LogP contribution in [0.3, 0.4) is 0 Å². The number of carbonyl (C=O) groups is 2. The number of benzene rings is 2. The predicted octanol–water partition coefficient (Wildman–Crippen LogP) is 2.57. The second-order valence-electron chi connectivity index (χ2n) is 6.25. The summed E-state index contributed by atoms with van der Waals surface area (Å²) in [6, 6.07) is 11.7. The maximum atomic E-state index is 12.2. The molecule has 2 aromatic rings. The Morgan fingerprint density at radius 3 is 2.18 bits per heavy atom. The molecule has 0 aliphatic rings. The number of aromatic hydroxyl groups is 2. The normalized spacial score (nSPS) is 13.5. The Morgan fingerprint density at radius 2 is 1.57 bits per heavy atom. The average Bonchev–Trinajstić information content (AvgIpc) is 2.65. The van der Waals surface area contributed by atoms with E-state index in [1.807, 2.05) is 0 Å². The van der Waals surface area contributed by atoms with Crippen molar-refractivity contribution in [2.45, 2.75) is 38.5 Å². The van der Waals surface area contributed by atoms with Crippen molar-refractivity contribution in [3.63, 3.8) is 0 Å². The highest BCUT2D eigenvalue weighted by molar-refractivity contribution is 5.89. The first-order valence-corrected chi connectivity index (χ1v) is 8.51. The summed E-state index contributed by atoms with van der Waals surface area (Å²) >= 11 is 0. The standard InChI is InChI=1S/C20H23NO6.ClH/c1-12(26-19(24)15-6-4-3-5-7-15)13(2)27-20(25)16(21)10-14-8-9-17(22)18(23)11-14;/h3-9,11-13,16,22-23H,10,21H2,1-2H3;1H/t12?,13-,16+;/m1./s1. The van der Waals surface area contributed by atoms with Crippen LogP contribution in [0.15, 0.2) is 48.5 Å². The molecule has 0 fully saturated rings. The molecule has 28 heavy (non-hydrogen) atoms. The highest BCUT2D eigenvalue weighted by Crippen LogP contribution is 2.25. The van der Waals surface area contributed by atoms with Crippen molar-refractivity contribution >= 4 is 24.3 Å². The number of hydrogen-bond donors (Lipinski definition) is 3. The summed E-state index contributed by atoms with van der Waals surface area (Å²) in [5.41, 5.74) is 6.84. The van der Waals surface area contributed by atoms with E-state index in [-0.39, 0.29) is 30.3 Å². The summed E-state index contributed by atoms with van der Waals surface area (Å²) in [4.78, 5) is 24.2. The van der Waals surface area contributed by atoms with Gasteiger partial charge in [-0.2, -0.15) is 0 Å². The zero-order valence-electron chi connectivity index (χ0n) is 15.6. The Bertz CT molecular complexity index is 799. The summed E-state index contributed by atoms with van der Waals surface area (Å²) in [7, 11) is 0. The lowest BCUT2D eigenvalue weighted by molar-refractivity contribution is -0.154. The monoisotopic (exact) mass is 409 g/mol. The molecule has 0 aliphatic heterocycles. The van der Waals surface area contributed by atoms with Gasteiger partial charge >= 0.3 is 11.9 Å². The van der Waals surface area contributed by atoms with Crippen LogP contribution >= 0.6 is 12.4 Å². The molecule has 0 saturated heterocycles. The molecule has 2 aromatic carbocycles. The van der Waals surface area contributed by atoms with Gasteiger partial charge in [0.25, 0.3) is 0 Å². The minimum absolute atomic E-state index is 0. The fourth-order valence-electron chi connectivity index (χ4n) is 2.31. The molecule has 0 aliphatic carbocycles. The summed E-state index contributed by atoms with van der Waals surface area (Å²) in [5.74, 6) is -1.70. The second-order valence-corrected chi connectivity index (χ2v) is 6.25. The first-order chi connectivity index (χ1) is 12.8. The van der Waals surface area contributed by atoms with E-state index in [1.165, 1.54) is 12.1 Å². The molecule has 7 nitrogen and oxygen atoms in total. The number of hydrogen-bond acceptors (Lipinski definition) is 7. The third-order valence-electron chi connectivity index (χ3n) is 4.06. The molecular formula is C20H24ClNO6. The molecule has 0 saturated carbocycles. The summed E-state index contributed by atoms with van der Waals surface area (Å²) in [5, 5.41) is 18.8. The van der Waals surface area contributed by atoms with Gasteiger partial charge in [0.05, 0.1) is 5.56 Å². The SMILES string of the molecule is CC(OC(=O)c1ccccc1)[C@@H](C)OC(=O)[C@@H](N)Cc1ccc(O)c(O)c1.Cl. The maximum Gasteiger partial charge on any atom is 0.338 e. The Labute approximate surface area is 169 Å². The van der Waals surface area contributed by atoms with E-state index in [0.717, 1.165) is 0 Å². The van der Waals surface area contributed by atoms with Gasteiger partial charge in [-0.1, -0.05) is 24.3 Å². The Hall–Kier alpha value is -2.77. The van der Waals surface area contributed by atoms with Gasteiger partial charge in [0.1, 0.15) is 18.2 Å². The van der Waals surface area contributed by atoms with Gasteiger partial charge in [-0.05, 0) is 50.1 Å². The highest BCUT2D eigenvalue weighted by atomic mass is 35.5. The van der Waals surface area contributed by atoms with Crippen LogP contribution in [-0.2, 0) is 20.7 Å². The van der Waals surface area contributed by atoms with Crippen LogP contribution < -0.4 is 5.73 Å². The van der Waals surface area contributed by atoms with Gasteiger partial charge < -0.3 is 25.4 Å². The number of rotatable bonds is 7. The van der Waals surface area contributed by atoms with Gasteiger partial charge in [0.15, 0.2) is 11.5 Å². The molecule has 8 heteroatoms. The molecule has 0 bridgehead atoms. The Balaban J connectivity index is 0.00000392. The van der Waals surface area contributed by atoms with Gasteiger partial charge in [-0.3, -0.25) is 4.79 Å². The number of halogens is 1. The quantitative estimate of drug-likeness (QED) is 0.475. The van der Waals surface area contributed by atoms with Crippen molar-refractivity contribution in [1.82, 2.24) is 0 Å². The fraction of sp³-hybridized carbons (Fsp3) is 0.300. The Morgan fingerprint density at radius 1 is 0.964 bits per heavy atom. The molecule has 4 N–H and O–H groups in total. The largest absolute Gasteiger partial charge is 0.504 e. The molecule has 0 heterocycles. The second kappa shape index (κ2) is 10.5. The molecule has 1 unspecified atom stereocenters. The number of ether oxygens (including phenoxy) is 2. The number of carbonyl (C=O) groups excluding carboxylic acids is 2. The van der Waals surface area contributed by atoms with E-state index in [0.29, 0.717) is 11.1 Å². The van der Waals surface area contributed by atoms with Crippen LogP contribution in [0.1, 0.15) is 29.8 Å². The van der Waals surface area contributed by atoms with E-state index in [9.17, 15) is 19.8 Å². The molecular weight excluding hydrogens is 386 g/mol. The number of nitrogens with two attached hydrogens (primary N) is 1. The first kappa shape index (κ1) is 23.3. The van der Waals surface area contributed by atoms with Crippen LogP contribution in [-0.4, -0.2) is 40.4 Å². The number of phenols is 2. The van der Waals surface area contributed by atoms with E-state index in [4.69, 9.17) is 15.2 Å². The van der Waals surface area contributed by atoms with Crippen molar-refractivity contribution in [2.75, 3.05) is 0 Å². The molecule has 0 spiro atoms. The van der Waals surface area contributed by atoms with Gasteiger partial charge in [-0.25, -0.2) is 4.79 Å². The molecule has 2 rings (SSSR count). The molecule has 0 aromatic heterocycles. The first-order valence-electron chi connectivity index (χ1n) is 8.51. The van der Waals surface area contributed by atoms with Crippen molar-refractivity contribution in [2.24, 2.45) is 5.73 Å². The predicted molar refractivity (Wildman–Crippen MR) is 106 cm³/mol. The smallest absolute Gasteiger partial charge is 0.338 e. The van der Waals surface area contributed by atoms with E-state index in [1.54, 1.807) is 50.2 Å². The topological polar surface area (TPSA) is 119 Å². The number of phenolic OH excluding ortho intramolecular Hbond substituents is 2. The summed E-state index contributed by atoms with van der Waals surface area (Å²) < 4.78 is 10.6. The summed E-state index contributed by atoms with van der Waals surface area (Å²) in [6.07, 6.45) is -1.23. The molecule has 3 atom stereocenters. The van der Waals surface area contributed by atoms with E-state index in [2.05, 4.69) is 0 Å². The van der Waals surface area contributed by atoms with Crippen LogP contribution in [0.2, 0.25) is 0 Å². The highest BCUT2D eigenvalue weighted by Gasteiger charge is 2.24. The lowest BCUT2D eigenvalue weighted by Crippen LogP contribution is -2.39. The zero-order valence-corrected chi connectivity index (χ0v) is 16.4. The third-order valence-corrected chi connectivity index (χ3v) is 4.06. The molecule has 152 valence electrons. The minimum atomic E-state index is -0.964. The van der Waals surface area contributed by atoms with Crippen molar-refractivity contribution in [3.05, 3.63) is 59.7 Å². The van der Waals surface area contributed by atoms with Crippen LogP contribution in [0.4, 0.5) is 0 Å². The summed E-state index contributed by atoms with van der Waals surface area (Å²) in [6.45, 7) is 3.24. The maximum absolute atomic E-state index is 12.2. The van der Waals surface area contributed by atoms with Crippen molar-refractivity contribution in [1.29, 1.82) is 0 Å². The third kappa shape index (κ3) is 6.44. The molecule has 0 radical (unpaired) electrons. The van der Waals surface area contributed by atoms with Gasteiger partial charge in [0, 0.05) is 0 Å². The van der Waals surface area contributed by atoms with Gasteiger partial charge in [0.2, 0.25) is 0 Å². The molecule has 0 amide bonds.